The summed E-state index contributed by atoms with van der Waals surface area (Å²) in [6.45, 7) is 2.15. The maximum absolute atomic E-state index is 9.37. The van der Waals surface area contributed by atoms with E-state index in [1.807, 2.05) is 25.1 Å². The van der Waals surface area contributed by atoms with Gasteiger partial charge in [-0.1, -0.05) is 0 Å². The molecule has 2 aromatic rings. The van der Waals surface area contributed by atoms with Gasteiger partial charge in [-0.25, -0.2) is 4.98 Å². The Morgan fingerprint density at radius 1 is 1.53 bits per heavy atom. The number of fused-ring (bicyclic) bond motifs is 1. The van der Waals surface area contributed by atoms with Crippen LogP contribution in [0.4, 0.5) is 5.69 Å². The predicted octanol–water partition coefficient (Wildman–Crippen LogP) is 2.05. The lowest BCUT2D eigenvalue weighted by Gasteiger charge is -2.14. The van der Waals surface area contributed by atoms with Gasteiger partial charge in [0, 0.05) is 11.6 Å². The van der Waals surface area contributed by atoms with E-state index in [2.05, 4.69) is 9.55 Å². The van der Waals surface area contributed by atoms with Crippen molar-refractivity contribution in [3.63, 3.8) is 0 Å². The molecule has 17 heavy (non-hydrogen) atoms. The van der Waals surface area contributed by atoms with Crippen molar-refractivity contribution in [3.8, 4) is 0 Å². The largest absolute Gasteiger partial charge is 0.399 e. The molecule has 4 nitrogen and oxygen atoms in total. The SMILES string of the molecule is CC(CO)n1c(C2CC2)nc2cc(N)ccc21. The molecule has 1 fully saturated rings. The van der Waals surface area contributed by atoms with Gasteiger partial charge in [0.05, 0.1) is 23.7 Å². The monoisotopic (exact) mass is 231 g/mol. The van der Waals surface area contributed by atoms with Gasteiger partial charge in [-0.3, -0.25) is 0 Å². The van der Waals surface area contributed by atoms with E-state index in [4.69, 9.17) is 5.73 Å². The van der Waals surface area contributed by atoms with Gasteiger partial charge in [-0.2, -0.15) is 0 Å². The third-order valence-electron chi connectivity index (χ3n) is 3.39. The number of benzene rings is 1. The van der Waals surface area contributed by atoms with Crippen LogP contribution in [0.2, 0.25) is 0 Å². The van der Waals surface area contributed by atoms with Gasteiger partial charge < -0.3 is 15.4 Å². The Hall–Kier alpha value is -1.55. The molecule has 1 saturated carbocycles. The number of anilines is 1. The topological polar surface area (TPSA) is 64.1 Å². The molecule has 4 heteroatoms. The molecule has 3 rings (SSSR count). The molecule has 3 N–H and O–H groups in total. The highest BCUT2D eigenvalue weighted by Crippen LogP contribution is 2.41. The molecule has 1 aliphatic rings. The molecule has 1 aromatic heterocycles. The van der Waals surface area contributed by atoms with E-state index in [0.717, 1.165) is 22.5 Å². The Morgan fingerprint density at radius 2 is 2.29 bits per heavy atom. The molecule has 1 atom stereocenters. The molecule has 0 radical (unpaired) electrons. The van der Waals surface area contributed by atoms with Crippen molar-refractivity contribution < 1.29 is 5.11 Å². The zero-order valence-corrected chi connectivity index (χ0v) is 9.93. The summed E-state index contributed by atoms with van der Waals surface area (Å²) in [4.78, 5) is 4.68. The number of nitrogen functional groups attached to an aromatic ring is 1. The lowest BCUT2D eigenvalue weighted by Crippen LogP contribution is -2.12. The number of hydrogen-bond acceptors (Lipinski definition) is 3. The molecule has 0 spiro atoms. The first kappa shape index (κ1) is 10.6. The van der Waals surface area contributed by atoms with Gasteiger partial charge in [0.2, 0.25) is 0 Å². The quantitative estimate of drug-likeness (QED) is 0.795. The number of rotatable bonds is 3. The van der Waals surface area contributed by atoms with Crippen LogP contribution in [0.5, 0.6) is 0 Å². The number of aliphatic hydroxyl groups is 1. The first-order valence-corrected chi connectivity index (χ1v) is 6.09. The Labute approximate surface area is 100 Å². The van der Waals surface area contributed by atoms with Crippen molar-refractivity contribution in [1.82, 2.24) is 9.55 Å². The fourth-order valence-corrected chi connectivity index (χ4v) is 2.31. The fraction of sp³-hybridized carbons (Fsp3) is 0.462. The Morgan fingerprint density at radius 3 is 2.94 bits per heavy atom. The van der Waals surface area contributed by atoms with Crippen LogP contribution in [0.15, 0.2) is 18.2 Å². The first-order valence-electron chi connectivity index (χ1n) is 6.09. The molecule has 90 valence electrons. The smallest absolute Gasteiger partial charge is 0.113 e. The van der Waals surface area contributed by atoms with E-state index < -0.39 is 0 Å². The van der Waals surface area contributed by atoms with Gasteiger partial charge >= 0.3 is 0 Å². The van der Waals surface area contributed by atoms with Crippen LogP contribution < -0.4 is 5.73 Å². The van der Waals surface area contributed by atoms with Crippen LogP contribution in [-0.2, 0) is 0 Å². The summed E-state index contributed by atoms with van der Waals surface area (Å²) in [5, 5.41) is 9.37. The average Bonchev–Trinajstić information content (AvgIpc) is 3.09. The van der Waals surface area contributed by atoms with Gasteiger partial charge in [0.1, 0.15) is 5.82 Å². The van der Waals surface area contributed by atoms with Crippen LogP contribution in [0.1, 0.15) is 37.5 Å². The highest BCUT2D eigenvalue weighted by Gasteiger charge is 2.30. The van der Waals surface area contributed by atoms with E-state index >= 15 is 0 Å². The van der Waals surface area contributed by atoms with Crippen molar-refractivity contribution in [3.05, 3.63) is 24.0 Å². The summed E-state index contributed by atoms with van der Waals surface area (Å²) in [6, 6.07) is 5.86. The zero-order chi connectivity index (χ0) is 12.0. The van der Waals surface area contributed by atoms with Crippen molar-refractivity contribution in [2.24, 2.45) is 0 Å². The van der Waals surface area contributed by atoms with Gasteiger partial charge in [0.25, 0.3) is 0 Å². The molecule has 1 aromatic carbocycles. The number of nitrogens with two attached hydrogens (primary N) is 1. The molecule has 1 heterocycles. The second-order valence-electron chi connectivity index (χ2n) is 4.89. The minimum Gasteiger partial charge on any atom is -0.399 e. The van der Waals surface area contributed by atoms with Gasteiger partial charge in [-0.15, -0.1) is 0 Å². The van der Waals surface area contributed by atoms with Crippen LogP contribution >= 0.6 is 0 Å². The lowest BCUT2D eigenvalue weighted by atomic mass is 10.2. The second kappa shape index (κ2) is 3.74. The predicted molar refractivity (Wildman–Crippen MR) is 67.9 cm³/mol. The number of aromatic nitrogens is 2. The molecule has 1 aliphatic carbocycles. The molecular formula is C13H17N3O. The minimum atomic E-state index is 0.0687. The van der Waals surface area contributed by atoms with E-state index in [1.165, 1.54) is 12.8 Å². The third kappa shape index (κ3) is 1.69. The summed E-state index contributed by atoms with van der Waals surface area (Å²) < 4.78 is 2.16. The van der Waals surface area contributed by atoms with Crippen molar-refractivity contribution in [2.75, 3.05) is 12.3 Å². The standard InChI is InChI=1S/C13H17N3O/c1-8(7-17)16-12-5-4-10(14)6-11(12)15-13(16)9-2-3-9/h4-6,8-9,17H,2-3,7,14H2,1H3. The van der Waals surface area contributed by atoms with Gasteiger partial charge in [-0.05, 0) is 38.0 Å². The molecule has 1 unspecified atom stereocenters. The maximum Gasteiger partial charge on any atom is 0.113 e. The molecule has 0 aliphatic heterocycles. The highest BCUT2D eigenvalue weighted by molar-refractivity contribution is 5.80. The summed E-state index contributed by atoms with van der Waals surface area (Å²) in [5.74, 6) is 1.67. The Kier molecular flexibility index (Phi) is 2.33. The van der Waals surface area contributed by atoms with Crippen LogP contribution in [0.25, 0.3) is 11.0 Å². The lowest BCUT2D eigenvalue weighted by molar-refractivity contribution is 0.239. The normalized spacial score (nSPS) is 17.5. The summed E-state index contributed by atoms with van der Waals surface area (Å²) in [7, 11) is 0. The highest BCUT2D eigenvalue weighted by atomic mass is 16.3. The van der Waals surface area contributed by atoms with Crippen molar-refractivity contribution in [2.45, 2.75) is 31.7 Å². The second-order valence-corrected chi connectivity index (χ2v) is 4.89. The van der Waals surface area contributed by atoms with E-state index in [0.29, 0.717) is 5.92 Å². The summed E-state index contributed by atoms with van der Waals surface area (Å²) in [5.41, 5.74) is 8.53. The summed E-state index contributed by atoms with van der Waals surface area (Å²) >= 11 is 0. The minimum absolute atomic E-state index is 0.0687. The molecule has 0 saturated heterocycles. The Bertz CT molecular complexity index is 557. The number of imidazole rings is 1. The number of nitrogens with zero attached hydrogens (tertiary/aromatic N) is 2. The van der Waals surface area contributed by atoms with Crippen molar-refractivity contribution >= 4 is 16.7 Å². The van der Waals surface area contributed by atoms with E-state index in [9.17, 15) is 5.11 Å². The summed E-state index contributed by atoms with van der Waals surface area (Å²) in [6.07, 6.45) is 2.41. The van der Waals surface area contributed by atoms with Crippen LogP contribution in [0, 0.1) is 0 Å². The molecule has 0 bridgehead atoms. The molecule has 0 amide bonds. The number of aliphatic hydroxyl groups excluding tert-OH is 1. The number of hydrogen-bond donors (Lipinski definition) is 2. The first-order chi connectivity index (χ1) is 8.20. The third-order valence-corrected chi connectivity index (χ3v) is 3.39. The molecular weight excluding hydrogens is 214 g/mol. The van der Waals surface area contributed by atoms with Gasteiger partial charge in [0.15, 0.2) is 0 Å². The van der Waals surface area contributed by atoms with Crippen LogP contribution in [-0.4, -0.2) is 21.3 Å². The zero-order valence-electron chi connectivity index (χ0n) is 9.93. The van der Waals surface area contributed by atoms with Crippen molar-refractivity contribution in [1.29, 1.82) is 0 Å². The van der Waals surface area contributed by atoms with E-state index in [-0.39, 0.29) is 12.6 Å². The fourth-order valence-electron chi connectivity index (χ4n) is 2.31. The average molecular weight is 231 g/mol. The van der Waals surface area contributed by atoms with Crippen LogP contribution in [0.3, 0.4) is 0 Å². The Balaban J connectivity index is 2.23. The van der Waals surface area contributed by atoms with E-state index in [1.54, 1.807) is 0 Å². The maximum atomic E-state index is 9.37.